The number of anilines is 1. The van der Waals surface area contributed by atoms with Crippen molar-refractivity contribution in [3.8, 4) is 0 Å². The van der Waals surface area contributed by atoms with Gasteiger partial charge in [-0.25, -0.2) is 0 Å². The molecule has 0 radical (unpaired) electrons. The molecule has 7 heteroatoms. The summed E-state index contributed by atoms with van der Waals surface area (Å²) in [5.74, 6) is -1.48. The monoisotopic (exact) mass is 340 g/mol. The van der Waals surface area contributed by atoms with Crippen LogP contribution in [-0.4, -0.2) is 33.4 Å². The standard InChI is InChI=1S/C18H20N4O3/c1-10-15(11(2)22(3)21-10)16(23)18(25)20-13-6-4-12(5-7-13)17(24)19-14-8-9-14/h4-7,14H,8-9H2,1-3H3,(H,19,24)(H,20,25). The molecule has 1 heterocycles. The number of aromatic nitrogens is 2. The molecule has 1 fully saturated rings. The van der Waals surface area contributed by atoms with Crippen LogP contribution in [-0.2, 0) is 11.8 Å². The SMILES string of the molecule is Cc1nn(C)c(C)c1C(=O)C(=O)Nc1ccc(C(=O)NC2CC2)cc1. The summed E-state index contributed by atoms with van der Waals surface area (Å²) in [4.78, 5) is 36.5. The predicted octanol–water partition coefficient (Wildman–Crippen LogP) is 1.75. The largest absolute Gasteiger partial charge is 0.349 e. The van der Waals surface area contributed by atoms with E-state index in [9.17, 15) is 14.4 Å². The minimum absolute atomic E-state index is 0.127. The summed E-state index contributed by atoms with van der Waals surface area (Å²) in [5, 5.41) is 9.61. The lowest BCUT2D eigenvalue weighted by molar-refractivity contribution is -0.112. The summed E-state index contributed by atoms with van der Waals surface area (Å²) < 4.78 is 1.57. The minimum atomic E-state index is -0.727. The van der Waals surface area contributed by atoms with E-state index in [2.05, 4.69) is 15.7 Å². The number of nitrogens with one attached hydrogen (secondary N) is 2. The Hall–Kier alpha value is -2.96. The van der Waals surface area contributed by atoms with E-state index < -0.39 is 11.7 Å². The van der Waals surface area contributed by atoms with Crippen LogP contribution in [0.25, 0.3) is 0 Å². The van der Waals surface area contributed by atoms with Crippen molar-refractivity contribution in [3.63, 3.8) is 0 Å². The number of benzene rings is 1. The number of ketones is 1. The van der Waals surface area contributed by atoms with Gasteiger partial charge in [-0.3, -0.25) is 19.1 Å². The zero-order chi connectivity index (χ0) is 18.1. The average molecular weight is 340 g/mol. The summed E-state index contributed by atoms with van der Waals surface area (Å²) in [6, 6.07) is 6.75. The Kier molecular flexibility index (Phi) is 4.39. The van der Waals surface area contributed by atoms with Crippen LogP contribution in [0.4, 0.5) is 5.69 Å². The molecule has 0 atom stereocenters. The van der Waals surface area contributed by atoms with Gasteiger partial charge in [0.15, 0.2) is 0 Å². The fraction of sp³-hybridized carbons (Fsp3) is 0.333. The van der Waals surface area contributed by atoms with Crippen molar-refractivity contribution in [2.45, 2.75) is 32.7 Å². The van der Waals surface area contributed by atoms with Crippen molar-refractivity contribution in [1.82, 2.24) is 15.1 Å². The molecule has 7 nitrogen and oxygen atoms in total. The molecule has 1 saturated carbocycles. The Bertz CT molecular complexity index is 848. The van der Waals surface area contributed by atoms with Gasteiger partial charge in [0.25, 0.3) is 17.6 Å². The van der Waals surface area contributed by atoms with Crippen LogP contribution in [0.5, 0.6) is 0 Å². The normalized spacial score (nSPS) is 13.4. The zero-order valence-corrected chi connectivity index (χ0v) is 14.4. The number of hydrogen-bond donors (Lipinski definition) is 2. The predicted molar refractivity (Wildman–Crippen MR) is 92.6 cm³/mol. The van der Waals surface area contributed by atoms with Gasteiger partial charge in [-0.05, 0) is 51.0 Å². The van der Waals surface area contributed by atoms with Crippen LogP contribution in [0.15, 0.2) is 24.3 Å². The summed E-state index contributed by atoms with van der Waals surface area (Å²) in [6.45, 7) is 3.44. The van der Waals surface area contributed by atoms with Gasteiger partial charge in [0.1, 0.15) is 0 Å². The Labute approximate surface area is 145 Å². The van der Waals surface area contributed by atoms with Gasteiger partial charge in [0.05, 0.1) is 11.3 Å². The molecule has 25 heavy (non-hydrogen) atoms. The molecule has 2 aromatic rings. The highest BCUT2D eigenvalue weighted by Crippen LogP contribution is 2.20. The second-order valence-electron chi connectivity index (χ2n) is 6.28. The third-order valence-electron chi connectivity index (χ3n) is 4.26. The Morgan fingerprint density at radius 3 is 2.28 bits per heavy atom. The highest BCUT2D eigenvalue weighted by Gasteiger charge is 2.25. The molecular weight excluding hydrogens is 320 g/mol. The van der Waals surface area contributed by atoms with Crippen LogP contribution in [0.1, 0.15) is 44.9 Å². The van der Waals surface area contributed by atoms with Gasteiger partial charge in [-0.1, -0.05) is 0 Å². The summed E-state index contributed by atoms with van der Waals surface area (Å²) >= 11 is 0. The lowest BCUT2D eigenvalue weighted by Gasteiger charge is -2.07. The summed E-state index contributed by atoms with van der Waals surface area (Å²) in [7, 11) is 1.72. The maximum atomic E-state index is 12.4. The minimum Gasteiger partial charge on any atom is -0.349 e. The van der Waals surface area contributed by atoms with E-state index in [1.165, 1.54) is 0 Å². The molecule has 0 unspecified atom stereocenters. The van der Waals surface area contributed by atoms with Gasteiger partial charge in [-0.15, -0.1) is 0 Å². The molecule has 2 N–H and O–H groups in total. The number of amides is 2. The molecule has 0 bridgehead atoms. The van der Waals surface area contributed by atoms with E-state index in [1.807, 2.05) is 0 Å². The number of Topliss-reactive ketones (excluding diaryl/α,β-unsaturated/α-hetero) is 1. The molecule has 3 rings (SSSR count). The van der Waals surface area contributed by atoms with E-state index in [-0.39, 0.29) is 11.9 Å². The van der Waals surface area contributed by atoms with Crippen molar-refractivity contribution >= 4 is 23.3 Å². The molecule has 1 aromatic heterocycles. The van der Waals surface area contributed by atoms with Crippen molar-refractivity contribution in [2.24, 2.45) is 7.05 Å². The third kappa shape index (κ3) is 3.60. The Morgan fingerprint density at radius 2 is 1.76 bits per heavy atom. The lowest BCUT2D eigenvalue weighted by atomic mass is 10.1. The van der Waals surface area contributed by atoms with Crippen LogP contribution < -0.4 is 10.6 Å². The maximum Gasteiger partial charge on any atom is 0.296 e. The van der Waals surface area contributed by atoms with Gasteiger partial charge < -0.3 is 10.6 Å². The topological polar surface area (TPSA) is 93.1 Å². The Morgan fingerprint density at radius 1 is 1.12 bits per heavy atom. The number of rotatable bonds is 5. The fourth-order valence-corrected chi connectivity index (χ4v) is 2.60. The quantitative estimate of drug-likeness (QED) is 0.640. The van der Waals surface area contributed by atoms with E-state index in [1.54, 1.807) is 49.8 Å². The van der Waals surface area contributed by atoms with E-state index in [0.717, 1.165) is 12.8 Å². The number of nitrogens with zero attached hydrogens (tertiary/aromatic N) is 2. The summed E-state index contributed by atoms with van der Waals surface area (Å²) in [5.41, 5.74) is 2.47. The van der Waals surface area contributed by atoms with Gasteiger partial charge in [0, 0.05) is 30.0 Å². The first kappa shape index (κ1) is 16.9. The van der Waals surface area contributed by atoms with Crippen LogP contribution in [0, 0.1) is 13.8 Å². The zero-order valence-electron chi connectivity index (χ0n) is 14.4. The number of aryl methyl sites for hydroxylation is 2. The Balaban J connectivity index is 1.68. The van der Waals surface area contributed by atoms with E-state index in [0.29, 0.717) is 28.2 Å². The molecule has 0 aliphatic heterocycles. The second kappa shape index (κ2) is 6.51. The van der Waals surface area contributed by atoms with E-state index in [4.69, 9.17) is 0 Å². The van der Waals surface area contributed by atoms with E-state index >= 15 is 0 Å². The molecule has 0 spiro atoms. The molecule has 1 aromatic carbocycles. The lowest BCUT2D eigenvalue weighted by Crippen LogP contribution is -2.25. The van der Waals surface area contributed by atoms with Gasteiger partial charge >= 0.3 is 0 Å². The van der Waals surface area contributed by atoms with Gasteiger partial charge in [-0.2, -0.15) is 5.10 Å². The summed E-state index contributed by atoms with van der Waals surface area (Å²) in [6.07, 6.45) is 2.05. The molecule has 0 saturated heterocycles. The second-order valence-corrected chi connectivity index (χ2v) is 6.28. The molecule has 2 amide bonds. The van der Waals surface area contributed by atoms with Crippen molar-refractivity contribution < 1.29 is 14.4 Å². The molecular formula is C18H20N4O3. The van der Waals surface area contributed by atoms with Crippen molar-refractivity contribution in [2.75, 3.05) is 5.32 Å². The number of hydrogen-bond acceptors (Lipinski definition) is 4. The first-order valence-electron chi connectivity index (χ1n) is 8.13. The maximum absolute atomic E-state index is 12.4. The smallest absolute Gasteiger partial charge is 0.296 e. The highest BCUT2D eigenvalue weighted by molar-refractivity contribution is 6.47. The van der Waals surface area contributed by atoms with Crippen molar-refractivity contribution in [1.29, 1.82) is 0 Å². The van der Waals surface area contributed by atoms with Crippen LogP contribution in [0.3, 0.4) is 0 Å². The number of carbonyl (C=O) groups excluding carboxylic acids is 3. The van der Waals surface area contributed by atoms with Crippen molar-refractivity contribution in [3.05, 3.63) is 46.8 Å². The number of carbonyl (C=O) groups is 3. The fourth-order valence-electron chi connectivity index (χ4n) is 2.60. The molecule has 1 aliphatic rings. The third-order valence-corrected chi connectivity index (χ3v) is 4.26. The molecule has 130 valence electrons. The van der Waals surface area contributed by atoms with Gasteiger partial charge in [0.2, 0.25) is 0 Å². The highest BCUT2D eigenvalue weighted by atomic mass is 16.2. The van der Waals surface area contributed by atoms with Crippen LogP contribution >= 0.6 is 0 Å². The first-order chi connectivity index (χ1) is 11.9. The first-order valence-corrected chi connectivity index (χ1v) is 8.13. The van der Waals surface area contributed by atoms with Crippen LogP contribution in [0.2, 0.25) is 0 Å². The average Bonchev–Trinajstić information content (AvgIpc) is 3.34. The molecule has 1 aliphatic carbocycles.